The van der Waals surface area contributed by atoms with E-state index in [2.05, 4.69) is 14.7 Å². The maximum atomic E-state index is 12.5. The summed E-state index contributed by atoms with van der Waals surface area (Å²) in [5.74, 6) is -5.43. The van der Waals surface area contributed by atoms with E-state index in [4.69, 9.17) is 0 Å². The predicted octanol–water partition coefficient (Wildman–Crippen LogP) is 1.91. The summed E-state index contributed by atoms with van der Waals surface area (Å²) in [6.45, 7) is -0.303. The van der Waals surface area contributed by atoms with Gasteiger partial charge < -0.3 is 9.72 Å². The number of H-pyrrole nitrogens is 1. The molecule has 0 atom stereocenters. The van der Waals surface area contributed by atoms with E-state index in [0.29, 0.717) is 6.07 Å². The number of rotatable bonds is 4. The van der Waals surface area contributed by atoms with E-state index in [0.717, 1.165) is 0 Å². The van der Waals surface area contributed by atoms with Crippen LogP contribution < -0.4 is 10.3 Å². The third-order valence-corrected chi connectivity index (χ3v) is 1.92. The number of aromatic nitrogens is 2. The van der Waals surface area contributed by atoms with Crippen molar-refractivity contribution < 1.29 is 26.7 Å². The molecule has 0 aliphatic carbocycles. The summed E-state index contributed by atoms with van der Waals surface area (Å²) in [5.41, 5.74) is -0.688. The molecule has 0 bridgehead atoms. The molecule has 0 saturated heterocycles. The molecule has 0 aromatic carbocycles. The van der Waals surface area contributed by atoms with E-state index >= 15 is 0 Å². The molecule has 102 valence electrons. The fraction of sp³-hybridized carbons (Fsp3) is 0.556. The third kappa shape index (κ3) is 3.41. The SMILES string of the molecule is CCc1nc(OCC(F)(F)C(F)(F)F)cc(=O)[nH]1. The molecular weight excluding hydrogens is 263 g/mol. The first-order chi connectivity index (χ1) is 8.15. The second-order valence-corrected chi connectivity index (χ2v) is 3.37. The first-order valence-electron chi connectivity index (χ1n) is 4.83. The first-order valence-corrected chi connectivity index (χ1v) is 4.83. The van der Waals surface area contributed by atoms with E-state index in [-0.39, 0.29) is 12.2 Å². The average molecular weight is 272 g/mol. The van der Waals surface area contributed by atoms with E-state index in [1.54, 1.807) is 6.92 Å². The second kappa shape index (κ2) is 4.91. The number of ether oxygens (including phenoxy) is 1. The van der Waals surface area contributed by atoms with E-state index in [9.17, 15) is 26.7 Å². The van der Waals surface area contributed by atoms with Gasteiger partial charge in [-0.05, 0) is 0 Å². The minimum Gasteiger partial charge on any atom is -0.471 e. The molecule has 0 spiro atoms. The highest BCUT2D eigenvalue weighted by Gasteiger charge is 2.58. The number of aryl methyl sites for hydroxylation is 1. The van der Waals surface area contributed by atoms with Crippen molar-refractivity contribution in [3.63, 3.8) is 0 Å². The molecule has 1 aromatic heterocycles. The highest BCUT2D eigenvalue weighted by molar-refractivity contribution is 5.09. The van der Waals surface area contributed by atoms with Gasteiger partial charge in [-0.15, -0.1) is 0 Å². The largest absolute Gasteiger partial charge is 0.471 e. The maximum absolute atomic E-state index is 12.5. The molecule has 0 amide bonds. The molecular formula is C9H9F5N2O2. The van der Waals surface area contributed by atoms with Crippen LogP contribution in [0.25, 0.3) is 0 Å². The lowest BCUT2D eigenvalue weighted by Crippen LogP contribution is -2.42. The second-order valence-electron chi connectivity index (χ2n) is 3.37. The standard InChI is InChI=1S/C9H9F5N2O2/c1-2-5-15-6(17)3-7(16-5)18-4-8(10,11)9(12,13)14/h3H,2,4H2,1H3,(H,15,16,17). The Bertz CT molecular complexity index is 469. The molecule has 1 rings (SSSR count). The van der Waals surface area contributed by atoms with Crippen LogP contribution in [0.15, 0.2) is 10.9 Å². The van der Waals surface area contributed by atoms with E-state index < -0.39 is 30.1 Å². The van der Waals surface area contributed by atoms with Crippen molar-refractivity contribution in [2.75, 3.05) is 6.61 Å². The minimum absolute atomic E-state index is 0.132. The fourth-order valence-corrected chi connectivity index (χ4v) is 0.971. The van der Waals surface area contributed by atoms with Crippen LogP contribution in [0, 0.1) is 0 Å². The van der Waals surface area contributed by atoms with Crippen molar-refractivity contribution in [2.24, 2.45) is 0 Å². The van der Waals surface area contributed by atoms with E-state index in [1.807, 2.05) is 0 Å². The third-order valence-electron chi connectivity index (χ3n) is 1.92. The summed E-state index contributed by atoms with van der Waals surface area (Å²) in [4.78, 5) is 16.8. The molecule has 9 heteroatoms. The van der Waals surface area contributed by atoms with Crippen LogP contribution in [0.3, 0.4) is 0 Å². The van der Waals surface area contributed by atoms with Gasteiger partial charge in [0.15, 0.2) is 6.61 Å². The number of hydrogen-bond acceptors (Lipinski definition) is 3. The van der Waals surface area contributed by atoms with Crippen LogP contribution in [0.1, 0.15) is 12.7 Å². The van der Waals surface area contributed by atoms with E-state index in [1.165, 1.54) is 0 Å². The van der Waals surface area contributed by atoms with Gasteiger partial charge in [0.2, 0.25) is 5.88 Å². The number of aromatic amines is 1. The maximum Gasteiger partial charge on any atom is 0.456 e. The van der Waals surface area contributed by atoms with Gasteiger partial charge in [-0.2, -0.15) is 22.0 Å². The zero-order valence-electron chi connectivity index (χ0n) is 9.15. The number of hydrogen-bond donors (Lipinski definition) is 1. The van der Waals surface area contributed by atoms with Crippen molar-refractivity contribution in [3.8, 4) is 5.88 Å². The lowest BCUT2D eigenvalue weighted by molar-refractivity contribution is -0.290. The van der Waals surface area contributed by atoms with Gasteiger partial charge in [0.1, 0.15) is 5.82 Å². The summed E-state index contributed by atoms with van der Waals surface area (Å²) < 4.78 is 64.8. The Kier molecular flexibility index (Phi) is 3.92. The van der Waals surface area contributed by atoms with Crippen LogP contribution in [0.2, 0.25) is 0 Å². The summed E-state index contributed by atoms with van der Waals surface area (Å²) in [6.07, 6.45) is -5.43. The average Bonchev–Trinajstić information content (AvgIpc) is 2.24. The van der Waals surface area contributed by atoms with Crippen LogP contribution >= 0.6 is 0 Å². The van der Waals surface area contributed by atoms with Gasteiger partial charge in [0.25, 0.3) is 5.56 Å². The molecule has 0 aliphatic rings. The molecule has 1 aromatic rings. The number of nitrogens with zero attached hydrogens (tertiary/aromatic N) is 1. The van der Waals surface area contributed by atoms with Crippen LogP contribution in [-0.2, 0) is 6.42 Å². The molecule has 4 nitrogen and oxygen atoms in total. The zero-order valence-corrected chi connectivity index (χ0v) is 9.15. The number of nitrogens with one attached hydrogen (secondary N) is 1. The van der Waals surface area contributed by atoms with Gasteiger partial charge >= 0.3 is 12.1 Å². The van der Waals surface area contributed by atoms with Crippen molar-refractivity contribution in [3.05, 3.63) is 22.2 Å². The Hall–Kier alpha value is -1.67. The molecule has 0 unspecified atom stereocenters. The van der Waals surface area contributed by atoms with Crippen molar-refractivity contribution >= 4 is 0 Å². The summed E-state index contributed by atoms with van der Waals surface area (Å²) in [5, 5.41) is 0. The Labute approximate surface area is 97.8 Å². The molecule has 1 heterocycles. The molecule has 18 heavy (non-hydrogen) atoms. The lowest BCUT2D eigenvalue weighted by atomic mass is 10.3. The topological polar surface area (TPSA) is 55.0 Å². The van der Waals surface area contributed by atoms with Gasteiger partial charge in [-0.1, -0.05) is 6.92 Å². The summed E-state index contributed by atoms with van der Waals surface area (Å²) in [6, 6.07) is 0.700. The Morgan fingerprint density at radius 3 is 2.44 bits per heavy atom. The smallest absolute Gasteiger partial charge is 0.456 e. The van der Waals surface area contributed by atoms with Crippen molar-refractivity contribution in [1.82, 2.24) is 9.97 Å². The zero-order chi connectivity index (χ0) is 14.0. The highest BCUT2D eigenvalue weighted by Crippen LogP contribution is 2.35. The van der Waals surface area contributed by atoms with Gasteiger partial charge in [-0.3, -0.25) is 4.79 Å². The molecule has 0 aliphatic heterocycles. The van der Waals surface area contributed by atoms with Gasteiger partial charge in [0, 0.05) is 6.42 Å². The Balaban J connectivity index is 2.81. The highest BCUT2D eigenvalue weighted by atomic mass is 19.4. The lowest BCUT2D eigenvalue weighted by Gasteiger charge is -2.19. The van der Waals surface area contributed by atoms with Crippen molar-refractivity contribution in [2.45, 2.75) is 25.4 Å². The molecule has 0 radical (unpaired) electrons. The van der Waals surface area contributed by atoms with Crippen molar-refractivity contribution in [1.29, 1.82) is 0 Å². The normalized spacial score (nSPS) is 12.6. The van der Waals surface area contributed by atoms with Gasteiger partial charge in [-0.25, -0.2) is 4.98 Å². The van der Waals surface area contributed by atoms with Crippen LogP contribution in [0.5, 0.6) is 5.88 Å². The van der Waals surface area contributed by atoms with Gasteiger partial charge in [0.05, 0.1) is 6.07 Å². The number of halogens is 5. The fourth-order valence-electron chi connectivity index (χ4n) is 0.971. The quantitative estimate of drug-likeness (QED) is 0.852. The monoisotopic (exact) mass is 272 g/mol. The summed E-state index contributed by atoms with van der Waals surface area (Å²) >= 11 is 0. The van der Waals surface area contributed by atoms with Crippen LogP contribution in [-0.4, -0.2) is 28.7 Å². The molecule has 0 saturated carbocycles. The minimum atomic E-state index is -5.71. The number of alkyl halides is 5. The predicted molar refractivity (Wildman–Crippen MR) is 50.7 cm³/mol. The van der Waals surface area contributed by atoms with Crippen LogP contribution in [0.4, 0.5) is 22.0 Å². The molecule has 1 N–H and O–H groups in total. The Morgan fingerprint density at radius 2 is 1.94 bits per heavy atom. The Morgan fingerprint density at radius 1 is 1.33 bits per heavy atom. The first kappa shape index (κ1) is 14.4. The molecule has 0 fully saturated rings. The summed E-state index contributed by atoms with van der Waals surface area (Å²) in [7, 11) is 0.